The second-order valence-electron chi connectivity index (χ2n) is 12.2. The van der Waals surface area contributed by atoms with E-state index in [1.165, 1.54) is 0 Å². The minimum atomic E-state index is 0.0995. The van der Waals surface area contributed by atoms with Crippen molar-refractivity contribution in [2.24, 2.45) is 0 Å². The van der Waals surface area contributed by atoms with E-state index in [4.69, 9.17) is 35.8 Å². The Hall–Kier alpha value is -4.71. The normalized spacial score (nSPS) is 17.1. The van der Waals surface area contributed by atoms with Crippen LogP contribution in [0.3, 0.4) is 0 Å². The number of nitrogens with zero attached hydrogens (tertiary/aromatic N) is 2. The zero-order chi connectivity index (χ0) is 34.3. The van der Waals surface area contributed by atoms with Crippen molar-refractivity contribution in [1.82, 2.24) is 31.2 Å². The van der Waals surface area contributed by atoms with E-state index in [2.05, 4.69) is 21.3 Å². The van der Waals surface area contributed by atoms with Gasteiger partial charge in [0.2, 0.25) is 23.6 Å². The fraction of sp³-hybridized carbons (Fsp3) is 0.351. The maximum atomic E-state index is 11.5. The number of rotatable bonds is 14. The number of aromatic nitrogens is 2. The highest BCUT2D eigenvalue weighted by Crippen LogP contribution is 2.44. The number of hydrogen-bond acceptors (Lipinski definition) is 9. The summed E-state index contributed by atoms with van der Waals surface area (Å²) in [6.45, 7) is 2.46. The number of carbonyl (C=O) groups excluding carboxylic acids is 2. The SMILES string of the molecule is COc1nc(-c2cccc(-c3cccc(-c4ccc(CNC[C@@H]5CCC(=O)N5)c(OC)n4)c3OC)c2Cl)ccc1CNC[C@@H]1CCC(=O)N1. The summed E-state index contributed by atoms with van der Waals surface area (Å²) in [4.78, 5) is 32.7. The summed E-state index contributed by atoms with van der Waals surface area (Å²) in [7, 11) is 4.84. The molecule has 2 aliphatic heterocycles. The summed E-state index contributed by atoms with van der Waals surface area (Å²) in [5, 5.41) is 13.3. The van der Waals surface area contributed by atoms with Gasteiger partial charge in [-0.1, -0.05) is 54.1 Å². The van der Waals surface area contributed by atoms with E-state index in [9.17, 15) is 9.59 Å². The lowest BCUT2D eigenvalue weighted by molar-refractivity contribution is -0.120. The van der Waals surface area contributed by atoms with Gasteiger partial charge in [-0.05, 0) is 31.0 Å². The zero-order valence-corrected chi connectivity index (χ0v) is 28.7. The Morgan fingerprint density at radius 2 is 1.16 bits per heavy atom. The van der Waals surface area contributed by atoms with Gasteiger partial charge in [0.15, 0.2) is 0 Å². The van der Waals surface area contributed by atoms with Gasteiger partial charge in [0.05, 0.1) is 37.7 Å². The van der Waals surface area contributed by atoms with Gasteiger partial charge in [0.1, 0.15) is 5.75 Å². The quantitative estimate of drug-likeness (QED) is 0.146. The van der Waals surface area contributed by atoms with E-state index in [1.807, 2.05) is 60.7 Å². The van der Waals surface area contributed by atoms with E-state index >= 15 is 0 Å². The van der Waals surface area contributed by atoms with Crippen LogP contribution in [0.4, 0.5) is 0 Å². The van der Waals surface area contributed by atoms with Crippen LogP contribution in [0.25, 0.3) is 33.6 Å². The van der Waals surface area contributed by atoms with Crippen molar-refractivity contribution in [1.29, 1.82) is 0 Å². The molecule has 2 saturated heterocycles. The number of amides is 2. The number of halogens is 1. The Morgan fingerprint density at radius 3 is 1.65 bits per heavy atom. The molecule has 49 heavy (non-hydrogen) atoms. The molecular formula is C37H41ClN6O5. The van der Waals surface area contributed by atoms with Crippen LogP contribution in [0.1, 0.15) is 36.8 Å². The maximum Gasteiger partial charge on any atom is 0.220 e. The molecule has 2 atom stereocenters. The lowest BCUT2D eigenvalue weighted by Crippen LogP contribution is -2.35. The first-order chi connectivity index (χ1) is 23.9. The number of hydrogen-bond donors (Lipinski definition) is 4. The van der Waals surface area contributed by atoms with Gasteiger partial charge in [0.25, 0.3) is 0 Å². The van der Waals surface area contributed by atoms with Crippen LogP contribution in [0.15, 0.2) is 60.7 Å². The van der Waals surface area contributed by atoms with Gasteiger partial charge in [-0.15, -0.1) is 0 Å². The van der Waals surface area contributed by atoms with E-state index in [0.29, 0.717) is 72.9 Å². The lowest BCUT2D eigenvalue weighted by atomic mass is 9.96. The van der Waals surface area contributed by atoms with Crippen molar-refractivity contribution in [3.63, 3.8) is 0 Å². The van der Waals surface area contributed by atoms with E-state index in [1.54, 1.807) is 21.3 Å². The first-order valence-electron chi connectivity index (χ1n) is 16.4. The molecule has 4 heterocycles. The molecule has 2 aromatic heterocycles. The molecule has 11 nitrogen and oxygen atoms in total. The predicted molar refractivity (Wildman–Crippen MR) is 189 cm³/mol. The fourth-order valence-corrected chi connectivity index (χ4v) is 6.72. The van der Waals surface area contributed by atoms with Gasteiger partial charge in [-0.25, -0.2) is 9.97 Å². The number of pyridine rings is 2. The summed E-state index contributed by atoms with van der Waals surface area (Å²) >= 11 is 7.13. The van der Waals surface area contributed by atoms with Crippen LogP contribution in [-0.4, -0.2) is 68.3 Å². The highest BCUT2D eigenvalue weighted by molar-refractivity contribution is 6.36. The van der Waals surface area contributed by atoms with Crippen LogP contribution in [0.2, 0.25) is 5.02 Å². The van der Waals surface area contributed by atoms with Crippen LogP contribution in [0, 0.1) is 0 Å². The predicted octanol–water partition coefficient (Wildman–Crippen LogP) is 4.89. The minimum absolute atomic E-state index is 0.0995. The van der Waals surface area contributed by atoms with Crippen LogP contribution in [-0.2, 0) is 22.7 Å². The summed E-state index contributed by atoms with van der Waals surface area (Å²) in [5.41, 5.74) is 6.34. The number of nitrogens with one attached hydrogen (secondary N) is 4. The summed E-state index contributed by atoms with van der Waals surface area (Å²) in [6.07, 6.45) is 2.82. The fourth-order valence-electron chi connectivity index (χ4n) is 6.39. The third-order valence-corrected chi connectivity index (χ3v) is 9.31. The third-order valence-electron chi connectivity index (χ3n) is 8.91. The Kier molecular flexibility index (Phi) is 10.9. The van der Waals surface area contributed by atoms with Gasteiger partial charge in [0, 0.05) is 84.5 Å². The van der Waals surface area contributed by atoms with Crippen molar-refractivity contribution in [3.8, 4) is 51.2 Å². The maximum absolute atomic E-state index is 11.5. The number of benzene rings is 2. The van der Waals surface area contributed by atoms with Crippen LogP contribution < -0.4 is 35.5 Å². The van der Waals surface area contributed by atoms with Crippen molar-refractivity contribution in [2.75, 3.05) is 34.4 Å². The van der Waals surface area contributed by atoms with Crippen LogP contribution in [0.5, 0.6) is 17.5 Å². The molecule has 2 aromatic carbocycles. The zero-order valence-electron chi connectivity index (χ0n) is 27.9. The van der Waals surface area contributed by atoms with Gasteiger partial charge < -0.3 is 35.5 Å². The van der Waals surface area contributed by atoms with Crippen molar-refractivity contribution < 1.29 is 23.8 Å². The monoisotopic (exact) mass is 684 g/mol. The Morgan fingerprint density at radius 1 is 0.673 bits per heavy atom. The first kappa shape index (κ1) is 34.2. The number of para-hydroxylation sites is 1. The summed E-state index contributed by atoms with van der Waals surface area (Å²) in [6, 6.07) is 19.9. The second-order valence-corrected chi connectivity index (χ2v) is 12.5. The second kappa shape index (κ2) is 15.7. The van der Waals surface area contributed by atoms with Gasteiger partial charge in [-0.2, -0.15) is 0 Å². The lowest BCUT2D eigenvalue weighted by Gasteiger charge is -2.18. The average molecular weight is 685 g/mol. The highest BCUT2D eigenvalue weighted by atomic mass is 35.5. The molecular weight excluding hydrogens is 644 g/mol. The molecule has 4 N–H and O–H groups in total. The number of ether oxygens (including phenoxy) is 3. The smallest absolute Gasteiger partial charge is 0.220 e. The van der Waals surface area contributed by atoms with Crippen molar-refractivity contribution >= 4 is 23.4 Å². The number of methoxy groups -OCH3 is 3. The molecule has 2 aliphatic rings. The van der Waals surface area contributed by atoms with Crippen LogP contribution >= 0.6 is 11.6 Å². The topological polar surface area (TPSA) is 136 Å². The Bertz CT molecular complexity index is 1840. The summed E-state index contributed by atoms with van der Waals surface area (Å²) in [5.74, 6) is 1.84. The standard InChI is InChI=1S/C37H41ClN6O5/c1-47-35-27(7-5-9-29(35)31-15-11-23(37(44-31)49-3)19-40-21-25-13-17-33(46)42-25)26-6-4-8-28(34(26)38)30-14-10-22(36(43-30)48-2)18-39-20-24-12-16-32(45)41-24/h4-11,14-15,24-25,39-40H,12-13,16-21H2,1-3H3,(H,41,45)(H,42,46)/t24-,25-/m0/s1. The highest BCUT2D eigenvalue weighted by Gasteiger charge is 2.23. The number of carbonyl (C=O) groups is 2. The molecule has 0 aliphatic carbocycles. The molecule has 0 bridgehead atoms. The molecule has 4 aromatic rings. The third kappa shape index (κ3) is 7.80. The molecule has 0 unspecified atom stereocenters. The molecule has 2 fully saturated rings. The molecule has 12 heteroatoms. The molecule has 0 spiro atoms. The van der Waals surface area contributed by atoms with E-state index < -0.39 is 0 Å². The van der Waals surface area contributed by atoms with Gasteiger partial charge >= 0.3 is 0 Å². The average Bonchev–Trinajstić information content (AvgIpc) is 3.74. The largest absolute Gasteiger partial charge is 0.495 e. The molecule has 0 radical (unpaired) electrons. The van der Waals surface area contributed by atoms with E-state index in [-0.39, 0.29) is 23.9 Å². The Labute approximate surface area is 291 Å². The first-order valence-corrected chi connectivity index (χ1v) is 16.8. The van der Waals surface area contributed by atoms with E-state index in [0.717, 1.165) is 46.2 Å². The molecule has 2 amide bonds. The molecule has 256 valence electrons. The Balaban J connectivity index is 1.23. The summed E-state index contributed by atoms with van der Waals surface area (Å²) < 4.78 is 17.3. The minimum Gasteiger partial charge on any atom is -0.495 e. The van der Waals surface area contributed by atoms with Gasteiger partial charge in [-0.3, -0.25) is 9.59 Å². The van der Waals surface area contributed by atoms with Crippen molar-refractivity contribution in [3.05, 3.63) is 76.8 Å². The van der Waals surface area contributed by atoms with Crippen molar-refractivity contribution in [2.45, 2.75) is 50.9 Å². The molecule has 0 saturated carbocycles. The molecule has 6 rings (SSSR count).